The molecule has 0 saturated heterocycles. The molecule has 10 nitrogen and oxygen atoms in total. The van der Waals surface area contributed by atoms with E-state index in [0.717, 1.165) is 0 Å². The van der Waals surface area contributed by atoms with Crippen molar-refractivity contribution in [2.24, 2.45) is 0 Å². The van der Waals surface area contributed by atoms with Gasteiger partial charge in [-0.05, 0) is 24.3 Å². The zero-order valence-electron chi connectivity index (χ0n) is 15.7. The van der Waals surface area contributed by atoms with Gasteiger partial charge >= 0.3 is 5.97 Å². The average molecular weight is 397 g/mol. The molecule has 2 aromatic carbocycles. The standard InChI is InChI=1S/C19H19N5O5/c1-27-13-8-4-3-7-12(13)21-19-23-15(22-18(20)24-19)10-29-17(26)11-6-5-9-14(28-2)16(11)25/h3-9,25H,10H2,1-2H3,(H3,20,21,22,23,24). The monoisotopic (exact) mass is 397 g/mol. The number of aromatic hydroxyl groups is 1. The van der Waals surface area contributed by atoms with Crippen LogP contribution in [0.5, 0.6) is 17.2 Å². The lowest BCUT2D eigenvalue weighted by Gasteiger charge is -2.11. The summed E-state index contributed by atoms with van der Waals surface area (Å²) in [6.07, 6.45) is 0. The van der Waals surface area contributed by atoms with E-state index in [2.05, 4.69) is 20.3 Å². The first-order valence-corrected chi connectivity index (χ1v) is 8.45. The number of nitrogens with one attached hydrogen (secondary N) is 1. The van der Waals surface area contributed by atoms with E-state index in [1.165, 1.54) is 19.2 Å². The fourth-order valence-corrected chi connectivity index (χ4v) is 2.49. The van der Waals surface area contributed by atoms with E-state index >= 15 is 0 Å². The maximum absolute atomic E-state index is 12.3. The minimum absolute atomic E-state index is 0.0428. The molecule has 0 bridgehead atoms. The Hall–Kier alpha value is -4.08. The first-order valence-electron chi connectivity index (χ1n) is 8.45. The van der Waals surface area contributed by atoms with Gasteiger partial charge < -0.3 is 30.4 Å². The van der Waals surface area contributed by atoms with Crippen LogP contribution in [-0.4, -0.2) is 40.2 Å². The van der Waals surface area contributed by atoms with Crippen LogP contribution in [0.2, 0.25) is 0 Å². The molecular weight excluding hydrogens is 378 g/mol. The smallest absolute Gasteiger partial charge is 0.342 e. The number of para-hydroxylation sites is 3. The molecule has 0 aliphatic rings. The molecule has 0 fully saturated rings. The third-order valence-electron chi connectivity index (χ3n) is 3.82. The molecule has 0 saturated carbocycles. The maximum Gasteiger partial charge on any atom is 0.342 e. The predicted octanol–water partition coefficient (Wildman–Crippen LogP) is 2.28. The van der Waals surface area contributed by atoms with Crippen LogP contribution in [0, 0.1) is 0 Å². The number of carbonyl (C=O) groups excluding carboxylic acids is 1. The van der Waals surface area contributed by atoms with Crippen molar-refractivity contribution in [1.29, 1.82) is 0 Å². The number of nitrogens with two attached hydrogens (primary N) is 1. The van der Waals surface area contributed by atoms with Gasteiger partial charge in [0.05, 0.1) is 19.9 Å². The van der Waals surface area contributed by atoms with Crippen molar-refractivity contribution in [1.82, 2.24) is 15.0 Å². The highest BCUT2D eigenvalue weighted by Gasteiger charge is 2.17. The lowest BCUT2D eigenvalue weighted by atomic mass is 10.2. The molecule has 1 heterocycles. The van der Waals surface area contributed by atoms with Gasteiger partial charge in [-0.15, -0.1) is 0 Å². The number of aromatic nitrogens is 3. The van der Waals surface area contributed by atoms with Crippen LogP contribution in [0.3, 0.4) is 0 Å². The molecule has 0 atom stereocenters. The van der Waals surface area contributed by atoms with Crippen LogP contribution >= 0.6 is 0 Å². The Morgan fingerprint density at radius 1 is 1.03 bits per heavy atom. The summed E-state index contributed by atoms with van der Waals surface area (Å²) in [4.78, 5) is 24.4. The number of hydrogen-bond donors (Lipinski definition) is 3. The zero-order chi connectivity index (χ0) is 20.8. The summed E-state index contributed by atoms with van der Waals surface area (Å²) in [6, 6.07) is 11.7. The van der Waals surface area contributed by atoms with E-state index in [-0.39, 0.29) is 41.4 Å². The number of benzene rings is 2. The summed E-state index contributed by atoms with van der Waals surface area (Å²) in [7, 11) is 2.93. The van der Waals surface area contributed by atoms with Crippen molar-refractivity contribution in [3.05, 3.63) is 53.9 Å². The zero-order valence-corrected chi connectivity index (χ0v) is 15.7. The summed E-state index contributed by atoms with van der Waals surface area (Å²) in [5.74, 6) is -0.0796. The number of phenolic OH excluding ortho intramolecular Hbond substituents is 1. The van der Waals surface area contributed by atoms with Crippen LogP contribution < -0.4 is 20.5 Å². The van der Waals surface area contributed by atoms with Crippen molar-refractivity contribution >= 4 is 23.6 Å². The molecule has 150 valence electrons. The Balaban J connectivity index is 1.74. The van der Waals surface area contributed by atoms with Crippen molar-refractivity contribution < 1.29 is 24.1 Å². The quantitative estimate of drug-likeness (QED) is 0.508. The van der Waals surface area contributed by atoms with Gasteiger partial charge in [-0.3, -0.25) is 0 Å². The summed E-state index contributed by atoms with van der Waals surface area (Å²) in [5, 5.41) is 13.0. The predicted molar refractivity (Wildman–Crippen MR) is 104 cm³/mol. The molecule has 10 heteroatoms. The number of ether oxygens (including phenoxy) is 3. The Morgan fingerprint density at radius 3 is 2.52 bits per heavy atom. The van der Waals surface area contributed by atoms with Gasteiger partial charge in [0.25, 0.3) is 0 Å². The third-order valence-corrected chi connectivity index (χ3v) is 3.82. The summed E-state index contributed by atoms with van der Waals surface area (Å²) in [6.45, 7) is -0.275. The Morgan fingerprint density at radius 2 is 1.76 bits per heavy atom. The van der Waals surface area contributed by atoms with Crippen molar-refractivity contribution in [3.63, 3.8) is 0 Å². The van der Waals surface area contributed by atoms with Crippen molar-refractivity contribution in [2.75, 3.05) is 25.3 Å². The largest absolute Gasteiger partial charge is 0.504 e. The van der Waals surface area contributed by atoms with Crippen LogP contribution in [0.25, 0.3) is 0 Å². The molecule has 3 aromatic rings. The molecule has 0 unspecified atom stereocenters. The van der Waals surface area contributed by atoms with E-state index in [1.807, 2.05) is 12.1 Å². The summed E-state index contributed by atoms with van der Waals surface area (Å²) < 4.78 is 15.4. The SMILES string of the molecule is COc1ccccc1Nc1nc(N)nc(COC(=O)c2cccc(OC)c2O)n1. The Bertz CT molecular complexity index is 1030. The highest BCUT2D eigenvalue weighted by molar-refractivity contribution is 5.93. The van der Waals surface area contributed by atoms with Gasteiger partial charge in [-0.1, -0.05) is 18.2 Å². The number of carbonyl (C=O) groups is 1. The molecule has 3 rings (SSSR count). The molecular formula is C19H19N5O5. The summed E-state index contributed by atoms with van der Waals surface area (Å²) in [5.41, 5.74) is 6.32. The molecule has 0 amide bonds. The fraction of sp³-hybridized carbons (Fsp3) is 0.158. The molecule has 0 aliphatic heterocycles. The number of rotatable bonds is 7. The number of nitrogens with zero attached hydrogens (tertiary/aromatic N) is 3. The number of nitrogen functional groups attached to an aromatic ring is 1. The normalized spacial score (nSPS) is 10.3. The lowest BCUT2D eigenvalue weighted by molar-refractivity contribution is 0.0458. The molecule has 0 spiro atoms. The van der Waals surface area contributed by atoms with Gasteiger partial charge in [-0.25, -0.2) is 4.79 Å². The van der Waals surface area contributed by atoms with Crippen molar-refractivity contribution in [3.8, 4) is 17.2 Å². The Kier molecular flexibility index (Phi) is 5.93. The highest BCUT2D eigenvalue weighted by atomic mass is 16.5. The molecule has 29 heavy (non-hydrogen) atoms. The van der Waals surface area contributed by atoms with Gasteiger partial charge in [0.15, 0.2) is 23.9 Å². The topological polar surface area (TPSA) is 142 Å². The van der Waals surface area contributed by atoms with E-state index in [9.17, 15) is 9.90 Å². The number of hydrogen-bond acceptors (Lipinski definition) is 10. The average Bonchev–Trinajstić information content (AvgIpc) is 2.72. The van der Waals surface area contributed by atoms with E-state index in [4.69, 9.17) is 19.9 Å². The second kappa shape index (κ2) is 8.74. The Labute approximate surface area is 166 Å². The van der Waals surface area contributed by atoms with Gasteiger partial charge in [0.2, 0.25) is 11.9 Å². The van der Waals surface area contributed by atoms with Gasteiger partial charge in [0, 0.05) is 0 Å². The van der Waals surface area contributed by atoms with Crippen LogP contribution in [-0.2, 0) is 11.3 Å². The molecule has 0 radical (unpaired) electrons. The number of anilines is 3. The second-order valence-electron chi connectivity index (χ2n) is 5.69. The third kappa shape index (κ3) is 4.61. The van der Waals surface area contributed by atoms with Crippen LogP contribution in [0.4, 0.5) is 17.6 Å². The van der Waals surface area contributed by atoms with Crippen molar-refractivity contribution in [2.45, 2.75) is 6.61 Å². The first kappa shape index (κ1) is 19.7. The summed E-state index contributed by atoms with van der Waals surface area (Å²) >= 11 is 0. The van der Waals surface area contributed by atoms with Gasteiger partial charge in [0.1, 0.15) is 11.3 Å². The maximum atomic E-state index is 12.3. The first-order chi connectivity index (χ1) is 14.0. The lowest BCUT2D eigenvalue weighted by Crippen LogP contribution is -2.11. The number of methoxy groups -OCH3 is 2. The van der Waals surface area contributed by atoms with Crippen LogP contribution in [0.1, 0.15) is 16.2 Å². The van der Waals surface area contributed by atoms with Gasteiger partial charge in [-0.2, -0.15) is 15.0 Å². The van der Waals surface area contributed by atoms with E-state index < -0.39 is 5.97 Å². The van der Waals surface area contributed by atoms with E-state index in [0.29, 0.717) is 11.4 Å². The minimum Gasteiger partial charge on any atom is -0.504 e. The molecule has 1 aromatic heterocycles. The molecule has 0 aliphatic carbocycles. The molecule has 4 N–H and O–H groups in total. The highest BCUT2D eigenvalue weighted by Crippen LogP contribution is 2.30. The second-order valence-corrected chi connectivity index (χ2v) is 5.69. The fourth-order valence-electron chi connectivity index (χ4n) is 2.49. The minimum atomic E-state index is -0.764. The van der Waals surface area contributed by atoms with Crippen LogP contribution in [0.15, 0.2) is 42.5 Å². The van der Waals surface area contributed by atoms with E-state index in [1.54, 1.807) is 25.3 Å². The number of phenols is 1. The number of esters is 1.